The van der Waals surface area contributed by atoms with E-state index in [2.05, 4.69) is 0 Å². The molecule has 1 saturated heterocycles. The molecule has 2 heterocycles. The van der Waals surface area contributed by atoms with Crippen molar-refractivity contribution in [2.24, 2.45) is 0 Å². The Kier molecular flexibility index (Phi) is 5.68. The molecule has 1 aliphatic heterocycles. The fourth-order valence-corrected chi connectivity index (χ4v) is 4.51. The number of aliphatic carboxylic acids is 1. The summed E-state index contributed by atoms with van der Waals surface area (Å²) >= 11 is 1.61. The Bertz CT molecular complexity index is 762. The second-order valence-corrected chi connectivity index (χ2v) is 7.05. The summed E-state index contributed by atoms with van der Waals surface area (Å²) in [5, 5.41) is 11.7. The van der Waals surface area contributed by atoms with Gasteiger partial charge in [0.15, 0.2) is 11.5 Å². The van der Waals surface area contributed by atoms with Crippen molar-refractivity contribution in [1.29, 1.82) is 0 Å². The molecule has 0 aliphatic carbocycles. The van der Waals surface area contributed by atoms with E-state index in [1.807, 2.05) is 34.5 Å². The molecule has 1 N–H and O–H groups in total. The molecule has 0 saturated carbocycles. The largest absolute Gasteiger partial charge is 0.493 e. The van der Waals surface area contributed by atoms with Crippen LogP contribution < -0.4 is 14.2 Å². The molecule has 26 heavy (non-hydrogen) atoms. The topological polar surface area (TPSA) is 68.2 Å². The van der Waals surface area contributed by atoms with Crippen molar-refractivity contribution in [1.82, 2.24) is 4.90 Å². The van der Waals surface area contributed by atoms with Crippen LogP contribution in [0, 0.1) is 0 Å². The summed E-state index contributed by atoms with van der Waals surface area (Å²) in [5.74, 6) is 0.874. The number of carboxylic acid groups (broad SMARTS) is 1. The van der Waals surface area contributed by atoms with E-state index >= 15 is 0 Å². The minimum atomic E-state index is -0.788. The van der Waals surface area contributed by atoms with Crippen molar-refractivity contribution in [3.8, 4) is 17.2 Å². The molecule has 0 bridgehead atoms. The molecular formula is C19H23NO5S. The molecule has 1 aliphatic rings. The standard InChI is InChI=1S/C19H23NO5S/c1-23-14-9-8-12(17(24-2)18(14)25-3)16(15-7-5-11-26-15)20-10-4-6-13(20)19(21)22/h5,7-9,11,13,16H,4,6,10H2,1-3H3,(H,21,22). The van der Waals surface area contributed by atoms with Crippen molar-refractivity contribution in [2.75, 3.05) is 27.9 Å². The van der Waals surface area contributed by atoms with Gasteiger partial charge in [-0.05, 0) is 36.4 Å². The van der Waals surface area contributed by atoms with Gasteiger partial charge in [-0.2, -0.15) is 0 Å². The molecule has 1 aromatic heterocycles. The lowest BCUT2D eigenvalue weighted by atomic mass is 10.00. The number of carboxylic acids is 1. The van der Waals surface area contributed by atoms with Gasteiger partial charge in [0.2, 0.25) is 5.75 Å². The van der Waals surface area contributed by atoms with E-state index in [4.69, 9.17) is 14.2 Å². The van der Waals surface area contributed by atoms with Crippen LogP contribution in [0.1, 0.15) is 29.3 Å². The van der Waals surface area contributed by atoms with Gasteiger partial charge in [0, 0.05) is 17.0 Å². The molecule has 2 unspecified atom stereocenters. The Morgan fingerprint density at radius 2 is 1.96 bits per heavy atom. The van der Waals surface area contributed by atoms with Gasteiger partial charge in [0.25, 0.3) is 0 Å². The van der Waals surface area contributed by atoms with E-state index in [0.29, 0.717) is 23.7 Å². The van der Waals surface area contributed by atoms with E-state index < -0.39 is 12.0 Å². The number of likely N-dealkylation sites (tertiary alicyclic amines) is 1. The third-order valence-corrected chi connectivity index (χ3v) is 5.68. The van der Waals surface area contributed by atoms with Crippen LogP contribution in [-0.2, 0) is 4.79 Å². The molecule has 1 fully saturated rings. The Morgan fingerprint density at radius 3 is 2.54 bits per heavy atom. The predicted octanol–water partition coefficient (Wildman–Crippen LogP) is 3.41. The number of hydrogen-bond donors (Lipinski definition) is 1. The highest BCUT2D eigenvalue weighted by Gasteiger charge is 2.39. The smallest absolute Gasteiger partial charge is 0.320 e. The molecule has 1 aromatic carbocycles. The summed E-state index contributed by atoms with van der Waals surface area (Å²) in [5.41, 5.74) is 0.876. The first kappa shape index (κ1) is 18.5. The summed E-state index contributed by atoms with van der Waals surface area (Å²) in [6, 6.07) is 7.05. The van der Waals surface area contributed by atoms with Crippen LogP contribution in [0.5, 0.6) is 17.2 Å². The Balaban J connectivity index is 2.16. The average molecular weight is 377 g/mol. The fraction of sp³-hybridized carbons (Fsp3) is 0.421. The monoisotopic (exact) mass is 377 g/mol. The lowest BCUT2D eigenvalue weighted by molar-refractivity contribution is -0.142. The molecule has 3 rings (SSSR count). The number of rotatable bonds is 7. The molecule has 140 valence electrons. The second-order valence-electron chi connectivity index (χ2n) is 6.08. The van der Waals surface area contributed by atoms with E-state index in [9.17, 15) is 9.90 Å². The van der Waals surface area contributed by atoms with Crippen molar-refractivity contribution >= 4 is 17.3 Å². The van der Waals surface area contributed by atoms with Crippen molar-refractivity contribution < 1.29 is 24.1 Å². The molecule has 7 heteroatoms. The lowest BCUT2D eigenvalue weighted by Crippen LogP contribution is -2.39. The number of methoxy groups -OCH3 is 3. The highest BCUT2D eigenvalue weighted by molar-refractivity contribution is 7.10. The maximum atomic E-state index is 11.8. The summed E-state index contributed by atoms with van der Waals surface area (Å²) in [6.45, 7) is 0.719. The first-order valence-electron chi connectivity index (χ1n) is 8.43. The van der Waals surface area contributed by atoms with Gasteiger partial charge in [0.1, 0.15) is 6.04 Å². The second kappa shape index (κ2) is 7.97. The fourth-order valence-electron chi connectivity index (χ4n) is 3.65. The van der Waals surface area contributed by atoms with Crippen LogP contribution in [0.4, 0.5) is 0 Å². The number of carbonyl (C=O) groups is 1. The number of benzene rings is 1. The maximum absolute atomic E-state index is 11.8. The molecule has 6 nitrogen and oxygen atoms in total. The number of thiophene rings is 1. The Hall–Kier alpha value is -2.25. The summed E-state index contributed by atoms with van der Waals surface area (Å²) < 4.78 is 16.6. The first-order valence-corrected chi connectivity index (χ1v) is 9.31. The van der Waals surface area contributed by atoms with Crippen LogP contribution in [-0.4, -0.2) is 49.9 Å². The van der Waals surface area contributed by atoms with Crippen LogP contribution >= 0.6 is 11.3 Å². The molecule has 2 aromatic rings. The normalized spacial score (nSPS) is 18.5. The van der Waals surface area contributed by atoms with Crippen LogP contribution in [0.2, 0.25) is 0 Å². The zero-order chi connectivity index (χ0) is 18.7. The first-order chi connectivity index (χ1) is 12.6. The summed E-state index contributed by atoms with van der Waals surface area (Å²) in [4.78, 5) is 14.9. The van der Waals surface area contributed by atoms with Crippen molar-refractivity contribution in [2.45, 2.75) is 24.9 Å². The van der Waals surface area contributed by atoms with E-state index in [-0.39, 0.29) is 6.04 Å². The highest BCUT2D eigenvalue weighted by atomic mass is 32.1. The Morgan fingerprint density at radius 1 is 1.19 bits per heavy atom. The third-order valence-electron chi connectivity index (χ3n) is 4.75. The summed E-state index contributed by atoms with van der Waals surface area (Å²) in [6.07, 6.45) is 1.50. The lowest BCUT2D eigenvalue weighted by Gasteiger charge is -2.32. The number of hydrogen-bond acceptors (Lipinski definition) is 6. The van der Waals surface area contributed by atoms with Gasteiger partial charge in [-0.1, -0.05) is 6.07 Å². The summed E-state index contributed by atoms with van der Waals surface area (Å²) in [7, 11) is 4.74. The highest BCUT2D eigenvalue weighted by Crippen LogP contribution is 2.47. The Labute approximate surface area is 156 Å². The van der Waals surface area contributed by atoms with E-state index in [0.717, 1.165) is 23.4 Å². The van der Waals surface area contributed by atoms with Gasteiger partial charge >= 0.3 is 5.97 Å². The zero-order valence-corrected chi connectivity index (χ0v) is 15.9. The van der Waals surface area contributed by atoms with Crippen molar-refractivity contribution in [3.63, 3.8) is 0 Å². The van der Waals surface area contributed by atoms with Crippen LogP contribution in [0.15, 0.2) is 29.6 Å². The van der Waals surface area contributed by atoms with Crippen molar-refractivity contribution in [3.05, 3.63) is 40.1 Å². The maximum Gasteiger partial charge on any atom is 0.320 e. The predicted molar refractivity (Wildman–Crippen MR) is 99.6 cm³/mol. The van der Waals surface area contributed by atoms with Gasteiger partial charge < -0.3 is 19.3 Å². The average Bonchev–Trinajstić information content (AvgIpc) is 3.33. The molecular weight excluding hydrogens is 354 g/mol. The number of ether oxygens (including phenoxy) is 3. The molecule has 0 spiro atoms. The minimum absolute atomic E-state index is 0.214. The SMILES string of the molecule is COc1ccc(C(c2cccs2)N2CCCC2C(=O)O)c(OC)c1OC. The molecule has 2 atom stereocenters. The van der Waals surface area contributed by atoms with Crippen LogP contribution in [0.25, 0.3) is 0 Å². The molecule has 0 amide bonds. The third kappa shape index (κ3) is 3.24. The number of nitrogens with zero attached hydrogens (tertiary/aromatic N) is 1. The van der Waals surface area contributed by atoms with Gasteiger partial charge in [-0.3, -0.25) is 9.69 Å². The minimum Gasteiger partial charge on any atom is -0.493 e. The van der Waals surface area contributed by atoms with E-state index in [1.165, 1.54) is 0 Å². The van der Waals surface area contributed by atoms with Gasteiger partial charge in [-0.15, -0.1) is 11.3 Å². The van der Waals surface area contributed by atoms with E-state index in [1.54, 1.807) is 32.7 Å². The molecule has 0 radical (unpaired) electrons. The van der Waals surface area contributed by atoms with Gasteiger partial charge in [-0.25, -0.2) is 0 Å². The van der Waals surface area contributed by atoms with Gasteiger partial charge in [0.05, 0.1) is 27.4 Å². The zero-order valence-electron chi connectivity index (χ0n) is 15.1. The quantitative estimate of drug-likeness (QED) is 0.797. The van der Waals surface area contributed by atoms with Crippen LogP contribution in [0.3, 0.4) is 0 Å².